The third-order valence-electron chi connectivity index (χ3n) is 3.11. The number of halogens is 1. The molecule has 4 heteroatoms. The average Bonchev–Trinajstić information content (AvgIpc) is 2.49. The maximum atomic E-state index is 12.9. The van der Waals surface area contributed by atoms with Crippen molar-refractivity contribution in [1.82, 2.24) is 0 Å². The van der Waals surface area contributed by atoms with Gasteiger partial charge in [0.15, 0.2) is 0 Å². The number of hydrogen-bond donors (Lipinski definition) is 1. The van der Waals surface area contributed by atoms with Crippen molar-refractivity contribution in [2.45, 2.75) is 19.9 Å². The molecule has 0 radical (unpaired) electrons. The van der Waals surface area contributed by atoms with E-state index in [1.165, 1.54) is 12.1 Å². The molecule has 0 aliphatic carbocycles. The summed E-state index contributed by atoms with van der Waals surface area (Å²) in [5.74, 6) is 1.29. The van der Waals surface area contributed by atoms with Gasteiger partial charge in [0.2, 0.25) is 0 Å². The van der Waals surface area contributed by atoms with Gasteiger partial charge in [-0.15, -0.1) is 0 Å². The zero-order chi connectivity index (χ0) is 15.1. The lowest BCUT2D eigenvalue weighted by atomic mass is 10.2. The van der Waals surface area contributed by atoms with E-state index in [-0.39, 0.29) is 5.82 Å². The molecule has 2 aromatic carbocycles. The Balaban J connectivity index is 1.69. The molecule has 0 amide bonds. The number of nitrogens with two attached hydrogens (primary N) is 1. The Morgan fingerprint density at radius 2 is 1.71 bits per heavy atom. The van der Waals surface area contributed by atoms with Crippen LogP contribution in [0.3, 0.4) is 0 Å². The first-order valence-electron chi connectivity index (χ1n) is 7.00. The van der Waals surface area contributed by atoms with Crippen molar-refractivity contribution in [1.29, 1.82) is 0 Å². The van der Waals surface area contributed by atoms with Gasteiger partial charge in [0.25, 0.3) is 0 Å². The van der Waals surface area contributed by atoms with Crippen LogP contribution in [-0.4, -0.2) is 13.2 Å². The van der Waals surface area contributed by atoms with Gasteiger partial charge in [0.05, 0.1) is 13.2 Å². The average molecular weight is 289 g/mol. The van der Waals surface area contributed by atoms with E-state index in [1.807, 2.05) is 31.2 Å². The molecule has 0 aromatic heterocycles. The molecular weight excluding hydrogens is 269 g/mol. The fourth-order valence-corrected chi connectivity index (χ4v) is 1.93. The zero-order valence-corrected chi connectivity index (χ0v) is 12.1. The summed E-state index contributed by atoms with van der Waals surface area (Å²) in [6.45, 7) is 3.47. The number of benzene rings is 2. The largest absolute Gasteiger partial charge is 0.493 e. The van der Waals surface area contributed by atoms with Crippen molar-refractivity contribution >= 4 is 0 Å². The van der Waals surface area contributed by atoms with Crippen molar-refractivity contribution < 1.29 is 13.9 Å². The van der Waals surface area contributed by atoms with Crippen molar-refractivity contribution in [3.63, 3.8) is 0 Å². The quantitative estimate of drug-likeness (QED) is 0.794. The topological polar surface area (TPSA) is 44.5 Å². The lowest BCUT2D eigenvalue weighted by molar-refractivity contribution is 0.246. The lowest BCUT2D eigenvalue weighted by Crippen LogP contribution is -2.06. The molecule has 2 rings (SSSR count). The van der Waals surface area contributed by atoms with Crippen LogP contribution < -0.4 is 15.2 Å². The molecular formula is C17H20FNO2. The van der Waals surface area contributed by atoms with Gasteiger partial charge >= 0.3 is 0 Å². The van der Waals surface area contributed by atoms with E-state index in [4.69, 9.17) is 15.2 Å². The number of ether oxygens (including phenoxy) is 2. The highest BCUT2D eigenvalue weighted by Crippen LogP contribution is 2.18. The minimum absolute atomic E-state index is 0.246. The summed E-state index contributed by atoms with van der Waals surface area (Å²) < 4.78 is 24.2. The predicted octanol–water partition coefficient (Wildman–Crippen LogP) is 3.44. The van der Waals surface area contributed by atoms with Gasteiger partial charge in [-0.1, -0.05) is 12.1 Å². The van der Waals surface area contributed by atoms with Gasteiger partial charge < -0.3 is 15.2 Å². The van der Waals surface area contributed by atoms with Crippen molar-refractivity contribution in [2.75, 3.05) is 13.2 Å². The molecule has 0 fully saturated rings. The van der Waals surface area contributed by atoms with Crippen LogP contribution in [0.2, 0.25) is 0 Å². The highest BCUT2D eigenvalue weighted by atomic mass is 19.1. The molecule has 0 heterocycles. The van der Waals surface area contributed by atoms with E-state index in [9.17, 15) is 4.39 Å². The summed E-state index contributed by atoms with van der Waals surface area (Å²) >= 11 is 0. The van der Waals surface area contributed by atoms with E-state index >= 15 is 0 Å². The van der Waals surface area contributed by atoms with Crippen LogP contribution in [0.1, 0.15) is 17.5 Å². The van der Waals surface area contributed by atoms with Crippen LogP contribution in [0.25, 0.3) is 0 Å². The Bertz CT molecular complexity index is 570. The van der Waals surface area contributed by atoms with E-state index in [2.05, 4.69) is 0 Å². The molecule has 2 N–H and O–H groups in total. The summed E-state index contributed by atoms with van der Waals surface area (Å²) in [6.07, 6.45) is 0.759. The Labute approximate surface area is 124 Å². The second-order valence-corrected chi connectivity index (χ2v) is 4.81. The zero-order valence-electron chi connectivity index (χ0n) is 12.1. The van der Waals surface area contributed by atoms with E-state index in [0.29, 0.717) is 25.5 Å². The molecule has 0 spiro atoms. The summed E-state index contributed by atoms with van der Waals surface area (Å²) in [4.78, 5) is 0. The molecule has 2 aromatic rings. The molecule has 0 atom stereocenters. The fraction of sp³-hybridized carbons (Fsp3) is 0.294. The summed E-state index contributed by atoms with van der Waals surface area (Å²) in [7, 11) is 0. The Morgan fingerprint density at radius 1 is 1.00 bits per heavy atom. The fourth-order valence-electron chi connectivity index (χ4n) is 1.93. The smallest absolute Gasteiger partial charge is 0.123 e. The van der Waals surface area contributed by atoms with Gasteiger partial charge in [0, 0.05) is 13.0 Å². The van der Waals surface area contributed by atoms with Crippen LogP contribution in [-0.2, 0) is 6.54 Å². The minimum atomic E-state index is -0.246. The maximum Gasteiger partial charge on any atom is 0.123 e. The molecule has 0 saturated heterocycles. The van der Waals surface area contributed by atoms with Crippen molar-refractivity contribution in [3.05, 3.63) is 59.4 Å². The monoisotopic (exact) mass is 289 g/mol. The predicted molar refractivity (Wildman–Crippen MR) is 81.1 cm³/mol. The lowest BCUT2D eigenvalue weighted by Gasteiger charge is -2.10. The van der Waals surface area contributed by atoms with E-state index < -0.39 is 0 Å². The first-order valence-corrected chi connectivity index (χ1v) is 7.00. The van der Waals surface area contributed by atoms with Crippen LogP contribution in [0.15, 0.2) is 42.5 Å². The third-order valence-corrected chi connectivity index (χ3v) is 3.11. The summed E-state index contributed by atoms with van der Waals surface area (Å²) in [5, 5.41) is 0. The minimum Gasteiger partial charge on any atom is -0.493 e. The van der Waals surface area contributed by atoms with Gasteiger partial charge in [-0.25, -0.2) is 4.39 Å². The van der Waals surface area contributed by atoms with Crippen LogP contribution >= 0.6 is 0 Å². The third kappa shape index (κ3) is 4.76. The standard InChI is InChI=1S/C17H20FNO2/c1-13-11-15(18)5-8-17(13)21-10-2-9-20-16-6-3-14(12-19)4-7-16/h3-8,11H,2,9-10,12,19H2,1H3. The second kappa shape index (κ2) is 7.64. The number of aryl methyl sites for hydroxylation is 1. The SMILES string of the molecule is Cc1cc(F)ccc1OCCCOc1ccc(CN)cc1. The molecule has 0 aliphatic heterocycles. The molecule has 0 bridgehead atoms. The number of hydrogen-bond acceptors (Lipinski definition) is 3. The molecule has 0 unspecified atom stereocenters. The first kappa shape index (κ1) is 15.3. The van der Waals surface area contributed by atoms with Gasteiger partial charge in [-0.2, -0.15) is 0 Å². The summed E-state index contributed by atoms with van der Waals surface area (Å²) in [6, 6.07) is 12.2. The highest BCUT2D eigenvalue weighted by Gasteiger charge is 2.01. The van der Waals surface area contributed by atoms with Gasteiger partial charge in [0.1, 0.15) is 17.3 Å². The van der Waals surface area contributed by atoms with Gasteiger partial charge in [-0.3, -0.25) is 0 Å². The molecule has 0 aliphatic rings. The van der Waals surface area contributed by atoms with Gasteiger partial charge in [-0.05, 0) is 48.4 Å². The first-order chi connectivity index (χ1) is 10.2. The van der Waals surface area contributed by atoms with E-state index in [0.717, 1.165) is 23.3 Å². The molecule has 21 heavy (non-hydrogen) atoms. The van der Waals surface area contributed by atoms with Crippen molar-refractivity contribution in [3.8, 4) is 11.5 Å². The van der Waals surface area contributed by atoms with Crippen LogP contribution in [0.5, 0.6) is 11.5 Å². The van der Waals surface area contributed by atoms with Crippen molar-refractivity contribution in [2.24, 2.45) is 5.73 Å². The number of rotatable bonds is 7. The maximum absolute atomic E-state index is 12.9. The summed E-state index contributed by atoms with van der Waals surface area (Å²) in [5.41, 5.74) is 7.42. The normalized spacial score (nSPS) is 10.4. The van der Waals surface area contributed by atoms with Crippen LogP contribution in [0.4, 0.5) is 4.39 Å². The Kier molecular flexibility index (Phi) is 5.58. The van der Waals surface area contributed by atoms with Crippen LogP contribution in [0, 0.1) is 12.7 Å². The molecule has 0 saturated carbocycles. The molecule has 112 valence electrons. The Hall–Kier alpha value is -2.07. The second-order valence-electron chi connectivity index (χ2n) is 4.81. The highest BCUT2D eigenvalue weighted by molar-refractivity contribution is 5.32. The molecule has 3 nitrogen and oxygen atoms in total. The Morgan fingerprint density at radius 3 is 2.38 bits per heavy atom. The van der Waals surface area contributed by atoms with E-state index in [1.54, 1.807) is 6.07 Å².